The lowest BCUT2D eigenvalue weighted by molar-refractivity contribution is 0.0318. The number of hydrogen-bond acceptors (Lipinski definition) is 9. The number of rotatable bonds is 7. The lowest BCUT2D eigenvalue weighted by atomic mass is 10.1. The lowest BCUT2D eigenvalue weighted by Gasteiger charge is -2.13. The van der Waals surface area contributed by atoms with Gasteiger partial charge in [-0.05, 0) is 57.7 Å². The van der Waals surface area contributed by atoms with Crippen LogP contribution in [-0.2, 0) is 9.47 Å². The molecule has 4 rings (SSSR count). The fourth-order valence-corrected chi connectivity index (χ4v) is 4.48. The second-order valence-electron chi connectivity index (χ2n) is 7.74. The quantitative estimate of drug-likeness (QED) is 0.295. The number of thiophene rings is 1. The normalized spacial score (nSPS) is 12.0. The van der Waals surface area contributed by atoms with Gasteiger partial charge in [-0.25, -0.2) is 14.6 Å². The fourth-order valence-electron chi connectivity index (χ4n) is 3.79. The van der Waals surface area contributed by atoms with Gasteiger partial charge in [0.25, 0.3) is 5.71 Å². The highest BCUT2D eigenvalue weighted by molar-refractivity contribution is 7.13. The number of fused-ring (bicyclic) bond motifs is 1. The minimum Gasteiger partial charge on any atom is -0.462 e. The van der Waals surface area contributed by atoms with Gasteiger partial charge in [-0.2, -0.15) is 0 Å². The average Bonchev–Trinajstić information content (AvgIpc) is 3.53. The topological polar surface area (TPSA) is 124 Å². The van der Waals surface area contributed by atoms with Crippen molar-refractivity contribution in [3.8, 4) is 10.6 Å². The number of H-pyrrole nitrogens is 1. The molecule has 34 heavy (non-hydrogen) atoms. The summed E-state index contributed by atoms with van der Waals surface area (Å²) in [5, 5.41) is 6.25. The van der Waals surface area contributed by atoms with Crippen molar-refractivity contribution in [3.63, 3.8) is 0 Å². The van der Waals surface area contributed by atoms with Gasteiger partial charge >= 0.3 is 11.9 Å². The van der Waals surface area contributed by atoms with Gasteiger partial charge in [0, 0.05) is 5.69 Å². The van der Waals surface area contributed by atoms with Gasteiger partial charge in [0.15, 0.2) is 6.10 Å². The second kappa shape index (κ2) is 9.22. The number of nitrogens with one attached hydrogen (secondary N) is 1. The Bertz CT molecular complexity index is 1400. The van der Waals surface area contributed by atoms with Gasteiger partial charge in [-0.1, -0.05) is 11.2 Å². The van der Waals surface area contributed by atoms with Crippen molar-refractivity contribution in [2.45, 2.75) is 40.7 Å². The number of aromatic nitrogens is 3. The molecule has 4 heterocycles. The van der Waals surface area contributed by atoms with E-state index < -0.39 is 23.8 Å². The maximum atomic E-state index is 13.2. The summed E-state index contributed by atoms with van der Waals surface area (Å²) in [5.74, 6) is -1.68. The lowest BCUT2D eigenvalue weighted by Crippen LogP contribution is -2.25. The Kier molecular flexibility index (Phi) is 6.34. The molecule has 0 aliphatic rings. The van der Waals surface area contributed by atoms with Crippen LogP contribution in [0.4, 0.5) is 0 Å². The van der Waals surface area contributed by atoms with Gasteiger partial charge in [-0.15, -0.1) is 11.3 Å². The molecule has 0 amide bonds. The molecule has 0 radical (unpaired) electrons. The molecule has 0 fully saturated rings. The van der Waals surface area contributed by atoms with Crippen molar-refractivity contribution in [3.05, 3.63) is 57.4 Å². The molecule has 4 aromatic heterocycles. The van der Waals surface area contributed by atoms with Crippen LogP contribution in [0.5, 0.6) is 0 Å². The molecule has 1 atom stereocenters. The fraction of sp³-hybridized carbons (Fsp3) is 0.292. The first-order chi connectivity index (χ1) is 16.2. The zero-order valence-corrected chi connectivity index (χ0v) is 20.2. The molecule has 0 aromatic carbocycles. The molecule has 0 spiro atoms. The van der Waals surface area contributed by atoms with Gasteiger partial charge in [0.05, 0.1) is 45.1 Å². The molecular weight excluding hydrogens is 458 g/mol. The number of aromatic amines is 1. The summed E-state index contributed by atoms with van der Waals surface area (Å²) in [6.45, 7) is 8.44. The Morgan fingerprint density at radius 3 is 2.65 bits per heavy atom. The summed E-state index contributed by atoms with van der Waals surface area (Å²) < 4.78 is 15.9. The highest BCUT2D eigenvalue weighted by Crippen LogP contribution is 2.30. The van der Waals surface area contributed by atoms with Gasteiger partial charge in [0.2, 0.25) is 5.78 Å². The van der Waals surface area contributed by atoms with Crippen LogP contribution < -0.4 is 0 Å². The Labute approximate surface area is 199 Å². The van der Waals surface area contributed by atoms with E-state index in [1.165, 1.54) is 18.3 Å². The van der Waals surface area contributed by atoms with Crippen molar-refractivity contribution in [2.75, 3.05) is 6.61 Å². The summed E-state index contributed by atoms with van der Waals surface area (Å²) in [6, 6.07) is 5.36. The number of esters is 2. The van der Waals surface area contributed by atoms with Crippen LogP contribution in [0.1, 0.15) is 62.0 Å². The average molecular weight is 482 g/mol. The van der Waals surface area contributed by atoms with Crippen LogP contribution in [0.2, 0.25) is 0 Å². The number of carbonyl (C=O) groups is 3. The molecule has 1 unspecified atom stereocenters. The second-order valence-corrected chi connectivity index (χ2v) is 8.69. The highest BCUT2D eigenvalue weighted by Gasteiger charge is 2.29. The van der Waals surface area contributed by atoms with Crippen molar-refractivity contribution in [1.82, 2.24) is 15.1 Å². The number of Topliss-reactive ketones (excluding diaryl/α,β-unsaturated/α-hetero) is 1. The SMILES string of the molecule is CCOC(=O)c1c(C)[nH]c(C(=O)C(C)OC(=O)c2cc(-c3cccs3)nc3onc(C)c23)c1C. The third-order valence-electron chi connectivity index (χ3n) is 5.43. The van der Waals surface area contributed by atoms with Gasteiger partial charge < -0.3 is 19.0 Å². The molecule has 0 saturated heterocycles. The van der Waals surface area contributed by atoms with Crippen LogP contribution in [0, 0.1) is 20.8 Å². The van der Waals surface area contributed by atoms with E-state index in [2.05, 4.69) is 15.1 Å². The summed E-state index contributed by atoms with van der Waals surface area (Å²) >= 11 is 1.47. The van der Waals surface area contributed by atoms with E-state index in [-0.39, 0.29) is 23.6 Å². The third-order valence-corrected chi connectivity index (χ3v) is 6.32. The summed E-state index contributed by atoms with van der Waals surface area (Å²) in [5.41, 5.74) is 2.91. The van der Waals surface area contributed by atoms with E-state index in [0.29, 0.717) is 33.6 Å². The number of nitrogens with zero attached hydrogens (tertiary/aromatic N) is 2. The predicted molar refractivity (Wildman–Crippen MR) is 125 cm³/mol. The van der Waals surface area contributed by atoms with Crippen LogP contribution >= 0.6 is 11.3 Å². The first kappa shape index (κ1) is 23.4. The predicted octanol–water partition coefficient (Wildman–Crippen LogP) is 4.81. The van der Waals surface area contributed by atoms with Crippen LogP contribution in [0.15, 0.2) is 28.1 Å². The first-order valence-corrected chi connectivity index (χ1v) is 11.5. The number of carbonyl (C=O) groups excluding carboxylic acids is 3. The van der Waals surface area contributed by atoms with E-state index in [1.807, 2.05) is 17.5 Å². The number of aryl methyl sites for hydroxylation is 2. The maximum Gasteiger partial charge on any atom is 0.340 e. The molecule has 176 valence electrons. The van der Waals surface area contributed by atoms with E-state index in [1.54, 1.807) is 33.8 Å². The van der Waals surface area contributed by atoms with E-state index in [9.17, 15) is 14.4 Å². The number of ketones is 1. The van der Waals surface area contributed by atoms with Crippen molar-refractivity contribution >= 4 is 40.2 Å². The monoisotopic (exact) mass is 481 g/mol. The minimum absolute atomic E-state index is 0.196. The van der Waals surface area contributed by atoms with E-state index in [4.69, 9.17) is 14.0 Å². The van der Waals surface area contributed by atoms with Crippen LogP contribution in [-0.4, -0.2) is 45.6 Å². The molecule has 0 aliphatic heterocycles. The molecule has 0 aliphatic carbocycles. The Hall–Kier alpha value is -3.79. The zero-order valence-electron chi connectivity index (χ0n) is 19.3. The molecule has 4 aromatic rings. The summed E-state index contributed by atoms with van der Waals surface area (Å²) in [4.78, 5) is 46.8. The molecule has 0 saturated carbocycles. The zero-order chi connectivity index (χ0) is 24.6. The third kappa shape index (κ3) is 4.12. The van der Waals surface area contributed by atoms with Crippen LogP contribution in [0.25, 0.3) is 21.7 Å². The molecule has 9 nitrogen and oxygen atoms in total. The molecule has 1 N–H and O–H groups in total. The summed E-state index contributed by atoms with van der Waals surface area (Å²) in [7, 11) is 0. The maximum absolute atomic E-state index is 13.2. The minimum atomic E-state index is -1.12. The Balaban J connectivity index is 1.64. The van der Waals surface area contributed by atoms with Crippen molar-refractivity contribution in [2.24, 2.45) is 0 Å². The highest BCUT2D eigenvalue weighted by atomic mass is 32.1. The van der Waals surface area contributed by atoms with E-state index >= 15 is 0 Å². The van der Waals surface area contributed by atoms with Crippen LogP contribution in [0.3, 0.4) is 0 Å². The molecule has 10 heteroatoms. The van der Waals surface area contributed by atoms with Gasteiger partial charge in [0.1, 0.15) is 0 Å². The number of pyridine rings is 1. The molecular formula is C24H23N3O6S. The number of hydrogen-bond donors (Lipinski definition) is 1. The van der Waals surface area contributed by atoms with Crippen molar-refractivity contribution in [1.29, 1.82) is 0 Å². The van der Waals surface area contributed by atoms with Crippen molar-refractivity contribution < 1.29 is 28.4 Å². The molecule has 0 bridgehead atoms. The Morgan fingerprint density at radius 1 is 1.21 bits per heavy atom. The smallest absolute Gasteiger partial charge is 0.340 e. The summed E-state index contributed by atoms with van der Waals surface area (Å²) in [6.07, 6.45) is -1.12. The number of ether oxygens (including phenoxy) is 2. The Morgan fingerprint density at radius 2 is 1.97 bits per heavy atom. The largest absolute Gasteiger partial charge is 0.462 e. The van der Waals surface area contributed by atoms with E-state index in [0.717, 1.165) is 4.88 Å². The van der Waals surface area contributed by atoms with Gasteiger partial charge in [-0.3, -0.25) is 4.79 Å². The standard InChI is InChI=1S/C24H23N3O6S/c1-6-31-24(30)18-11(2)20(25-12(18)3)21(28)14(5)32-23(29)15-10-16(17-8-7-9-34-17)26-22-19(15)13(4)27-33-22/h7-10,14,25H,6H2,1-5H3. The first-order valence-electron chi connectivity index (χ1n) is 10.6.